The fourth-order valence-corrected chi connectivity index (χ4v) is 2.86. The summed E-state index contributed by atoms with van der Waals surface area (Å²) in [6.45, 7) is 5.68. The molecule has 0 amide bonds. The summed E-state index contributed by atoms with van der Waals surface area (Å²) in [5, 5.41) is 0. The molecule has 21 heavy (non-hydrogen) atoms. The van der Waals surface area contributed by atoms with Crippen LogP contribution < -0.4 is 4.57 Å². The molecule has 0 N–H and O–H groups in total. The smallest absolute Gasteiger partial charge is 0.234 e. The average molecular weight is 285 g/mol. The van der Waals surface area contributed by atoms with Crippen LogP contribution in [0.5, 0.6) is 0 Å². The Morgan fingerprint density at radius 2 is 1.67 bits per heavy atom. The molecule has 0 unspecified atom stereocenters. The van der Waals surface area contributed by atoms with Crippen LogP contribution in [0, 0.1) is 0 Å². The summed E-state index contributed by atoms with van der Waals surface area (Å²) in [5.74, 6) is 1.43. The molecular formula is C19H29N2+. The first-order valence-electron chi connectivity index (χ1n) is 8.52. The Kier molecular flexibility index (Phi) is 6.52. The van der Waals surface area contributed by atoms with Crippen LogP contribution in [0.15, 0.2) is 42.7 Å². The summed E-state index contributed by atoms with van der Waals surface area (Å²) in [7, 11) is 0. The molecule has 0 saturated heterocycles. The van der Waals surface area contributed by atoms with E-state index in [9.17, 15) is 0 Å². The van der Waals surface area contributed by atoms with Crippen LogP contribution in [0.3, 0.4) is 0 Å². The molecule has 0 radical (unpaired) electrons. The Labute approximate surface area is 129 Å². The highest BCUT2D eigenvalue weighted by molar-refractivity contribution is 5.31. The molecular weight excluding hydrogens is 256 g/mol. The van der Waals surface area contributed by atoms with Gasteiger partial charge in [0.05, 0.1) is 6.54 Å². The van der Waals surface area contributed by atoms with Gasteiger partial charge in [0.15, 0.2) is 0 Å². The number of benzene rings is 1. The second-order valence-corrected chi connectivity index (χ2v) is 5.78. The molecule has 2 heteroatoms. The van der Waals surface area contributed by atoms with E-state index in [1.165, 1.54) is 50.0 Å². The van der Waals surface area contributed by atoms with E-state index in [0.29, 0.717) is 0 Å². The topological polar surface area (TPSA) is 8.81 Å². The predicted molar refractivity (Wildman–Crippen MR) is 88.7 cm³/mol. The van der Waals surface area contributed by atoms with Gasteiger partial charge in [-0.25, -0.2) is 4.57 Å². The van der Waals surface area contributed by atoms with Gasteiger partial charge >= 0.3 is 0 Å². The zero-order valence-electron chi connectivity index (χ0n) is 13.6. The molecule has 0 saturated carbocycles. The van der Waals surface area contributed by atoms with E-state index < -0.39 is 0 Å². The summed E-state index contributed by atoms with van der Waals surface area (Å²) >= 11 is 0. The van der Waals surface area contributed by atoms with Crippen LogP contribution in [0.1, 0.15) is 58.2 Å². The number of aryl methyl sites for hydroxylation is 1. The lowest BCUT2D eigenvalue weighted by Gasteiger charge is -2.04. The molecule has 0 bridgehead atoms. The Hall–Kier alpha value is -1.57. The van der Waals surface area contributed by atoms with Crippen LogP contribution in [-0.4, -0.2) is 4.57 Å². The maximum Gasteiger partial charge on any atom is 0.261 e. The van der Waals surface area contributed by atoms with Gasteiger partial charge in [-0.05, 0) is 31.4 Å². The number of para-hydroxylation sites is 1. The van der Waals surface area contributed by atoms with Gasteiger partial charge in [-0.1, -0.05) is 51.3 Å². The summed E-state index contributed by atoms with van der Waals surface area (Å²) in [4.78, 5) is 0. The quantitative estimate of drug-likeness (QED) is 0.467. The number of aromatic nitrogens is 2. The van der Waals surface area contributed by atoms with Gasteiger partial charge in [0, 0.05) is 6.42 Å². The normalized spacial score (nSPS) is 11.0. The zero-order valence-corrected chi connectivity index (χ0v) is 13.6. The first-order valence-corrected chi connectivity index (χ1v) is 8.52. The van der Waals surface area contributed by atoms with Crippen molar-refractivity contribution in [3.8, 4) is 5.69 Å². The molecule has 0 atom stereocenters. The summed E-state index contributed by atoms with van der Waals surface area (Å²) in [5.41, 5.74) is 1.27. The van der Waals surface area contributed by atoms with Gasteiger partial charge in [-0.3, -0.25) is 0 Å². The van der Waals surface area contributed by atoms with Crippen LogP contribution in [0.2, 0.25) is 0 Å². The Balaban J connectivity index is 2.06. The van der Waals surface area contributed by atoms with E-state index in [-0.39, 0.29) is 0 Å². The van der Waals surface area contributed by atoms with E-state index in [1.54, 1.807) is 0 Å². The van der Waals surface area contributed by atoms with Gasteiger partial charge in [-0.2, -0.15) is 4.57 Å². The molecule has 0 aliphatic rings. The maximum absolute atomic E-state index is 2.45. The maximum atomic E-state index is 2.45. The van der Waals surface area contributed by atoms with Crippen molar-refractivity contribution in [2.45, 2.75) is 65.3 Å². The minimum absolute atomic E-state index is 1.14. The standard InChI is InChI=1S/C19H29N2/c1-3-5-6-7-11-15-20-16-17-21(19(20)12-4-2)18-13-9-8-10-14-18/h8-10,13-14,16-17H,3-7,11-12,15H2,1-2H3/q+1. The lowest BCUT2D eigenvalue weighted by Crippen LogP contribution is -2.37. The minimum atomic E-state index is 1.14. The third kappa shape index (κ3) is 4.45. The van der Waals surface area contributed by atoms with E-state index in [0.717, 1.165) is 13.0 Å². The molecule has 1 heterocycles. The molecule has 1 aromatic carbocycles. The molecule has 2 aromatic rings. The second-order valence-electron chi connectivity index (χ2n) is 5.78. The van der Waals surface area contributed by atoms with Crippen molar-refractivity contribution < 1.29 is 4.57 Å². The second kappa shape index (κ2) is 8.66. The number of rotatable bonds is 9. The molecule has 1 aromatic heterocycles. The molecule has 2 rings (SSSR count). The number of hydrogen-bond donors (Lipinski definition) is 0. The van der Waals surface area contributed by atoms with Crippen LogP contribution >= 0.6 is 0 Å². The Bertz CT molecular complexity index is 514. The van der Waals surface area contributed by atoms with E-state index in [4.69, 9.17) is 0 Å². The van der Waals surface area contributed by atoms with Crippen LogP contribution in [0.4, 0.5) is 0 Å². The van der Waals surface area contributed by atoms with Gasteiger partial charge in [-0.15, -0.1) is 0 Å². The highest BCUT2D eigenvalue weighted by atomic mass is 15.1. The molecule has 0 spiro atoms. The van der Waals surface area contributed by atoms with Crippen molar-refractivity contribution >= 4 is 0 Å². The summed E-state index contributed by atoms with van der Waals surface area (Å²) in [6.07, 6.45) is 13.5. The fraction of sp³-hybridized carbons (Fsp3) is 0.526. The molecule has 2 nitrogen and oxygen atoms in total. The summed E-state index contributed by atoms with van der Waals surface area (Å²) < 4.78 is 4.79. The number of nitrogens with zero attached hydrogens (tertiary/aromatic N) is 2. The molecule has 114 valence electrons. The number of hydrogen-bond acceptors (Lipinski definition) is 0. The fourth-order valence-electron chi connectivity index (χ4n) is 2.86. The van der Waals surface area contributed by atoms with Crippen molar-refractivity contribution in [2.24, 2.45) is 0 Å². The Morgan fingerprint density at radius 1 is 0.905 bits per heavy atom. The molecule has 0 aliphatic heterocycles. The van der Waals surface area contributed by atoms with Crippen molar-refractivity contribution in [1.29, 1.82) is 0 Å². The van der Waals surface area contributed by atoms with Gasteiger partial charge < -0.3 is 0 Å². The molecule has 0 fully saturated rings. The largest absolute Gasteiger partial charge is 0.261 e. The third-order valence-corrected chi connectivity index (χ3v) is 4.02. The molecule has 0 aliphatic carbocycles. The lowest BCUT2D eigenvalue weighted by atomic mass is 10.1. The van der Waals surface area contributed by atoms with E-state index in [1.807, 2.05) is 0 Å². The van der Waals surface area contributed by atoms with Gasteiger partial charge in [0.25, 0.3) is 5.82 Å². The van der Waals surface area contributed by atoms with Crippen molar-refractivity contribution in [3.63, 3.8) is 0 Å². The highest BCUT2D eigenvalue weighted by Crippen LogP contribution is 2.11. The Morgan fingerprint density at radius 3 is 2.38 bits per heavy atom. The lowest BCUT2D eigenvalue weighted by molar-refractivity contribution is -0.704. The predicted octanol–water partition coefficient (Wildman–Crippen LogP) is 4.69. The SMILES string of the molecule is CCCCCCC[n+]1ccn(-c2ccccc2)c1CCC. The van der Waals surface area contributed by atoms with E-state index >= 15 is 0 Å². The monoisotopic (exact) mass is 285 g/mol. The summed E-state index contributed by atoms with van der Waals surface area (Å²) in [6, 6.07) is 10.7. The minimum Gasteiger partial charge on any atom is -0.234 e. The van der Waals surface area contributed by atoms with Crippen LogP contribution in [-0.2, 0) is 13.0 Å². The van der Waals surface area contributed by atoms with Crippen molar-refractivity contribution in [1.82, 2.24) is 4.57 Å². The zero-order chi connectivity index (χ0) is 14.9. The van der Waals surface area contributed by atoms with Crippen molar-refractivity contribution in [2.75, 3.05) is 0 Å². The number of imidazole rings is 1. The first kappa shape index (κ1) is 15.8. The van der Waals surface area contributed by atoms with E-state index in [2.05, 4.69) is 65.7 Å². The van der Waals surface area contributed by atoms with Crippen LogP contribution in [0.25, 0.3) is 5.69 Å². The van der Waals surface area contributed by atoms with Crippen molar-refractivity contribution in [3.05, 3.63) is 48.5 Å². The third-order valence-electron chi connectivity index (χ3n) is 4.02. The van der Waals surface area contributed by atoms with Gasteiger partial charge in [0.1, 0.15) is 18.1 Å². The number of unbranched alkanes of at least 4 members (excludes halogenated alkanes) is 4. The average Bonchev–Trinajstić information content (AvgIpc) is 2.91. The van der Waals surface area contributed by atoms with Gasteiger partial charge in [0.2, 0.25) is 0 Å². The first-order chi connectivity index (χ1) is 10.4. The highest BCUT2D eigenvalue weighted by Gasteiger charge is 2.17.